The van der Waals surface area contributed by atoms with E-state index >= 15 is 4.39 Å². The Morgan fingerprint density at radius 1 is 0.951 bits per heavy atom. The van der Waals surface area contributed by atoms with Gasteiger partial charge in [-0.2, -0.15) is 13.2 Å². The van der Waals surface area contributed by atoms with Gasteiger partial charge in [0.05, 0.1) is 22.5 Å². The van der Waals surface area contributed by atoms with Crippen molar-refractivity contribution < 1.29 is 26.7 Å². The molecule has 1 aromatic heterocycles. The molecule has 6 nitrogen and oxygen atoms in total. The quantitative estimate of drug-likeness (QED) is 0.357. The zero-order chi connectivity index (χ0) is 29.3. The van der Waals surface area contributed by atoms with Crippen LogP contribution in [0.1, 0.15) is 42.1 Å². The molecule has 0 radical (unpaired) electrons. The van der Waals surface area contributed by atoms with Crippen molar-refractivity contribution in [2.75, 3.05) is 54.9 Å². The first kappa shape index (κ1) is 28.8. The lowest BCUT2D eigenvalue weighted by Crippen LogP contribution is -2.50. The lowest BCUT2D eigenvalue weighted by molar-refractivity contribution is -0.138. The fourth-order valence-electron chi connectivity index (χ4n) is 5.41. The first-order valence-corrected chi connectivity index (χ1v) is 13.7. The Kier molecular flexibility index (Phi) is 8.17. The van der Waals surface area contributed by atoms with Gasteiger partial charge in [-0.05, 0) is 75.7 Å². The molecule has 5 rings (SSSR count). The number of benzene rings is 2. The van der Waals surface area contributed by atoms with Crippen LogP contribution in [0.15, 0.2) is 48.7 Å². The van der Waals surface area contributed by atoms with Gasteiger partial charge < -0.3 is 20.0 Å². The molecule has 2 aliphatic rings. The second-order valence-corrected chi connectivity index (χ2v) is 10.7. The number of nitrogens with zero attached hydrogens (tertiary/aromatic N) is 4. The van der Waals surface area contributed by atoms with Gasteiger partial charge in [-0.25, -0.2) is 13.8 Å². The van der Waals surface area contributed by atoms with Gasteiger partial charge in [-0.3, -0.25) is 4.79 Å². The highest BCUT2D eigenvalue weighted by atomic mass is 19.4. The maximum atomic E-state index is 15.6. The van der Waals surface area contributed by atoms with Crippen molar-refractivity contribution in [3.8, 4) is 11.1 Å². The molecule has 1 N–H and O–H groups in total. The van der Waals surface area contributed by atoms with Crippen LogP contribution in [0.3, 0.4) is 0 Å². The van der Waals surface area contributed by atoms with Crippen molar-refractivity contribution in [1.29, 1.82) is 0 Å². The van der Waals surface area contributed by atoms with Crippen LogP contribution >= 0.6 is 0 Å². The zero-order valence-corrected chi connectivity index (χ0v) is 22.9. The van der Waals surface area contributed by atoms with E-state index in [1.54, 1.807) is 12.3 Å². The lowest BCUT2D eigenvalue weighted by atomic mass is 10.0. The number of halogens is 5. The largest absolute Gasteiger partial charge is 0.417 e. The smallest absolute Gasteiger partial charge is 0.367 e. The molecule has 41 heavy (non-hydrogen) atoms. The van der Waals surface area contributed by atoms with Gasteiger partial charge in [0, 0.05) is 56.1 Å². The van der Waals surface area contributed by atoms with Crippen LogP contribution < -0.4 is 15.1 Å². The van der Waals surface area contributed by atoms with Gasteiger partial charge in [0.25, 0.3) is 5.91 Å². The fourth-order valence-corrected chi connectivity index (χ4v) is 5.41. The first-order valence-electron chi connectivity index (χ1n) is 13.7. The number of anilines is 3. The molecular weight excluding hydrogens is 541 g/mol. The Balaban J connectivity index is 1.52. The number of hydrogen-bond donors (Lipinski definition) is 1. The normalized spacial score (nSPS) is 18.5. The number of aromatic nitrogens is 1. The lowest BCUT2D eigenvalue weighted by Gasteiger charge is -2.39. The van der Waals surface area contributed by atoms with E-state index in [0.717, 1.165) is 43.9 Å². The van der Waals surface area contributed by atoms with Gasteiger partial charge in [-0.1, -0.05) is 0 Å². The van der Waals surface area contributed by atoms with Gasteiger partial charge in [-0.15, -0.1) is 0 Å². The predicted molar refractivity (Wildman–Crippen MR) is 149 cm³/mol. The third kappa shape index (κ3) is 6.29. The molecule has 0 aliphatic carbocycles. The summed E-state index contributed by atoms with van der Waals surface area (Å²) in [4.78, 5) is 24.0. The van der Waals surface area contributed by atoms with Crippen molar-refractivity contribution >= 4 is 23.1 Å². The number of pyridine rings is 1. The van der Waals surface area contributed by atoms with Gasteiger partial charge >= 0.3 is 6.18 Å². The van der Waals surface area contributed by atoms with Crippen LogP contribution in [0.4, 0.5) is 39.1 Å². The topological polar surface area (TPSA) is 51.7 Å². The molecular formula is C30H32F5N5O. The molecule has 0 bridgehead atoms. The van der Waals surface area contributed by atoms with Crippen LogP contribution in [0.25, 0.3) is 11.1 Å². The minimum atomic E-state index is -4.94. The molecule has 0 spiro atoms. The molecule has 3 heterocycles. The number of piperidine rings is 1. The summed E-state index contributed by atoms with van der Waals surface area (Å²) in [6, 6.07) is 8.33. The Morgan fingerprint density at radius 2 is 1.71 bits per heavy atom. The van der Waals surface area contributed by atoms with Gasteiger partial charge in [0.1, 0.15) is 17.5 Å². The number of amides is 1. The first-order chi connectivity index (χ1) is 19.5. The van der Waals surface area contributed by atoms with Gasteiger partial charge in [0.2, 0.25) is 0 Å². The summed E-state index contributed by atoms with van der Waals surface area (Å²) in [5, 5.41) is 2.57. The van der Waals surface area contributed by atoms with Crippen molar-refractivity contribution in [2.24, 2.45) is 0 Å². The summed E-state index contributed by atoms with van der Waals surface area (Å²) in [5.74, 6) is -1.93. The second kappa shape index (κ2) is 11.6. The van der Waals surface area contributed by atoms with Crippen LogP contribution in [-0.2, 0) is 6.18 Å². The molecule has 2 aliphatic heterocycles. The van der Waals surface area contributed by atoms with E-state index in [0.29, 0.717) is 37.0 Å². The number of piperazine rings is 1. The van der Waals surface area contributed by atoms with Crippen molar-refractivity contribution in [3.63, 3.8) is 0 Å². The Bertz CT molecular complexity index is 1410. The van der Waals surface area contributed by atoms with Gasteiger partial charge in [0.15, 0.2) is 0 Å². The molecule has 218 valence electrons. The molecule has 2 fully saturated rings. The maximum Gasteiger partial charge on any atom is 0.417 e. The van der Waals surface area contributed by atoms with Crippen LogP contribution in [0, 0.1) is 11.6 Å². The summed E-state index contributed by atoms with van der Waals surface area (Å²) in [7, 11) is 1.97. The third-order valence-corrected chi connectivity index (χ3v) is 7.90. The number of alkyl halides is 3. The minimum Gasteiger partial charge on any atom is -0.367 e. The highest BCUT2D eigenvalue weighted by molar-refractivity contribution is 6.07. The summed E-state index contributed by atoms with van der Waals surface area (Å²) in [5.41, 5.74) is -0.984. The molecule has 3 aromatic rings. The molecule has 2 saturated heterocycles. The van der Waals surface area contributed by atoms with E-state index in [2.05, 4.69) is 20.1 Å². The summed E-state index contributed by atoms with van der Waals surface area (Å²) in [6.07, 6.45) is -0.0438. The van der Waals surface area contributed by atoms with E-state index in [1.165, 1.54) is 18.6 Å². The van der Waals surface area contributed by atoms with Crippen molar-refractivity contribution in [1.82, 2.24) is 9.88 Å². The average molecular weight is 574 g/mol. The summed E-state index contributed by atoms with van der Waals surface area (Å²) in [6.45, 7) is 5.54. The fraction of sp³-hybridized carbons (Fsp3) is 0.400. The molecule has 11 heteroatoms. The standard InChI is InChI=1S/C30H32F5N5O/c1-19-18-40(13-12-38(19)2)27-16-25(32)23(20-6-9-28(36-17-20)39-10-4-3-5-11-39)15-26(27)37-29(41)22-8-7-21(31)14-24(22)30(33,34)35/h6-9,14-17,19H,3-5,10-13,18H2,1-2H3,(H,37,41)/t19-/m0/s1. The zero-order valence-electron chi connectivity index (χ0n) is 22.9. The molecule has 1 amide bonds. The molecule has 0 unspecified atom stereocenters. The van der Waals surface area contributed by atoms with Crippen molar-refractivity contribution in [2.45, 2.75) is 38.4 Å². The Labute approximate surface area is 235 Å². The van der Waals surface area contributed by atoms with E-state index < -0.39 is 34.8 Å². The van der Waals surface area contributed by atoms with Crippen LogP contribution in [0.2, 0.25) is 0 Å². The molecule has 2 aromatic carbocycles. The average Bonchev–Trinajstić information content (AvgIpc) is 2.95. The Hall–Kier alpha value is -3.73. The second-order valence-electron chi connectivity index (χ2n) is 10.7. The predicted octanol–water partition coefficient (Wildman–Crippen LogP) is 6.43. The van der Waals surface area contributed by atoms with Crippen LogP contribution in [-0.4, -0.2) is 61.6 Å². The van der Waals surface area contributed by atoms with E-state index in [-0.39, 0.29) is 17.3 Å². The van der Waals surface area contributed by atoms with Crippen LogP contribution in [0.5, 0.6) is 0 Å². The molecule has 1 atom stereocenters. The number of likely N-dealkylation sites (N-methyl/N-ethyl adjacent to an activating group) is 1. The highest BCUT2D eigenvalue weighted by Gasteiger charge is 2.36. The van der Waals surface area contributed by atoms with E-state index in [9.17, 15) is 22.4 Å². The SMILES string of the molecule is C[C@H]1CN(c2cc(F)c(-c3ccc(N4CCCCC4)nc3)cc2NC(=O)c2ccc(F)cc2C(F)(F)F)CCN1C. The summed E-state index contributed by atoms with van der Waals surface area (Å²) >= 11 is 0. The Morgan fingerprint density at radius 3 is 2.37 bits per heavy atom. The van der Waals surface area contributed by atoms with E-state index in [1.807, 2.05) is 24.9 Å². The number of nitrogens with one attached hydrogen (secondary N) is 1. The third-order valence-electron chi connectivity index (χ3n) is 7.90. The summed E-state index contributed by atoms with van der Waals surface area (Å²) < 4.78 is 70.3. The highest BCUT2D eigenvalue weighted by Crippen LogP contribution is 2.37. The van der Waals surface area contributed by atoms with Crippen molar-refractivity contribution in [3.05, 3.63) is 71.4 Å². The minimum absolute atomic E-state index is 0.121. The number of carbonyl (C=O) groups is 1. The molecule has 0 saturated carbocycles. The van der Waals surface area contributed by atoms with E-state index in [4.69, 9.17) is 0 Å². The number of hydrogen-bond acceptors (Lipinski definition) is 5. The number of carbonyl (C=O) groups excluding carboxylic acids is 1. The monoisotopic (exact) mass is 573 g/mol. The maximum absolute atomic E-state index is 15.6. The number of rotatable bonds is 5.